The molecule has 0 fully saturated rings. The van der Waals surface area contributed by atoms with E-state index in [0.29, 0.717) is 5.75 Å². The van der Waals surface area contributed by atoms with Crippen molar-refractivity contribution in [2.75, 3.05) is 0 Å². The number of nitrogens with two attached hydrogens (primary N) is 1. The Balaban J connectivity index is 2.57. The van der Waals surface area contributed by atoms with Crippen molar-refractivity contribution in [3.05, 3.63) is 35.4 Å². The van der Waals surface area contributed by atoms with Crippen LogP contribution in [0.5, 0.6) is 5.75 Å². The monoisotopic (exact) mass is 203 g/mol. The number of aromatic hydroxyl groups is 1. The molecule has 1 aromatic carbocycles. The molecule has 1 aromatic rings. The second-order valence-electron chi connectivity index (χ2n) is 4.68. The minimum atomic E-state index is -0.344. The van der Waals surface area contributed by atoms with Gasteiger partial charge in [-0.3, -0.25) is 0 Å². The molecule has 0 saturated heterocycles. The molecular formula is C13H17NO. The zero-order valence-electron chi connectivity index (χ0n) is 9.25. The van der Waals surface area contributed by atoms with E-state index in [1.54, 1.807) is 6.07 Å². The SMILES string of the molecule is CC(C)(N)C1=CCCc2c(O)cccc21. The Labute approximate surface area is 90.4 Å². The highest BCUT2D eigenvalue weighted by atomic mass is 16.3. The van der Waals surface area contributed by atoms with Crippen LogP contribution in [0.25, 0.3) is 5.57 Å². The number of allylic oxidation sites excluding steroid dienone is 1. The van der Waals surface area contributed by atoms with Crippen molar-refractivity contribution in [1.82, 2.24) is 0 Å². The molecule has 0 aromatic heterocycles. The number of hydrogen-bond acceptors (Lipinski definition) is 2. The molecule has 0 aliphatic heterocycles. The maximum absolute atomic E-state index is 9.77. The van der Waals surface area contributed by atoms with E-state index in [0.717, 1.165) is 29.5 Å². The van der Waals surface area contributed by atoms with Gasteiger partial charge in [-0.1, -0.05) is 18.2 Å². The molecule has 0 unspecified atom stereocenters. The molecule has 0 spiro atoms. The fourth-order valence-corrected chi connectivity index (χ4v) is 2.17. The average Bonchev–Trinajstić information content (AvgIpc) is 2.16. The van der Waals surface area contributed by atoms with Crippen molar-refractivity contribution < 1.29 is 5.11 Å². The summed E-state index contributed by atoms with van der Waals surface area (Å²) in [7, 11) is 0. The van der Waals surface area contributed by atoms with Crippen LogP contribution in [0.4, 0.5) is 0 Å². The van der Waals surface area contributed by atoms with E-state index in [4.69, 9.17) is 5.73 Å². The van der Waals surface area contributed by atoms with Gasteiger partial charge in [0, 0.05) is 11.1 Å². The van der Waals surface area contributed by atoms with E-state index in [9.17, 15) is 5.11 Å². The van der Waals surface area contributed by atoms with Crippen molar-refractivity contribution in [1.29, 1.82) is 0 Å². The Kier molecular flexibility index (Phi) is 2.31. The zero-order valence-corrected chi connectivity index (χ0v) is 9.25. The van der Waals surface area contributed by atoms with E-state index in [2.05, 4.69) is 6.08 Å². The van der Waals surface area contributed by atoms with Gasteiger partial charge in [0.05, 0.1) is 0 Å². The van der Waals surface area contributed by atoms with Gasteiger partial charge in [-0.2, -0.15) is 0 Å². The number of hydrogen-bond donors (Lipinski definition) is 2. The lowest BCUT2D eigenvalue weighted by molar-refractivity contribution is 0.467. The summed E-state index contributed by atoms with van der Waals surface area (Å²) in [5, 5.41) is 9.77. The fraction of sp³-hybridized carbons (Fsp3) is 0.385. The van der Waals surface area contributed by atoms with E-state index < -0.39 is 0 Å². The highest BCUT2D eigenvalue weighted by Crippen LogP contribution is 2.36. The molecule has 2 heteroatoms. The second kappa shape index (κ2) is 3.38. The predicted octanol–water partition coefficient (Wildman–Crippen LogP) is 2.46. The molecule has 2 nitrogen and oxygen atoms in total. The molecule has 3 N–H and O–H groups in total. The van der Waals surface area contributed by atoms with Gasteiger partial charge < -0.3 is 10.8 Å². The fourth-order valence-electron chi connectivity index (χ4n) is 2.17. The number of phenols is 1. The standard InChI is InChI=1S/C13H17NO/c1-13(2,14)11-7-3-6-10-9(11)5-4-8-12(10)15/h4-5,7-8,15H,3,6,14H2,1-2H3. The molecule has 0 radical (unpaired) electrons. The molecule has 1 aliphatic carbocycles. The maximum Gasteiger partial charge on any atom is 0.119 e. The van der Waals surface area contributed by atoms with Gasteiger partial charge in [-0.05, 0) is 43.9 Å². The van der Waals surface area contributed by atoms with Crippen molar-refractivity contribution in [2.45, 2.75) is 32.2 Å². The molecule has 0 atom stereocenters. The molecule has 0 heterocycles. The van der Waals surface area contributed by atoms with Gasteiger partial charge in [-0.15, -0.1) is 0 Å². The van der Waals surface area contributed by atoms with Gasteiger partial charge in [0.2, 0.25) is 0 Å². The van der Waals surface area contributed by atoms with E-state index in [1.165, 1.54) is 0 Å². The third-order valence-corrected chi connectivity index (χ3v) is 2.88. The lowest BCUT2D eigenvalue weighted by Crippen LogP contribution is -2.34. The van der Waals surface area contributed by atoms with Crippen LogP contribution in [0.3, 0.4) is 0 Å². The van der Waals surface area contributed by atoms with Crippen LogP contribution in [0, 0.1) is 0 Å². The summed E-state index contributed by atoms with van der Waals surface area (Å²) in [5.41, 5.74) is 9.06. The molecule has 0 amide bonds. The van der Waals surface area contributed by atoms with Crippen LogP contribution in [-0.4, -0.2) is 10.6 Å². The van der Waals surface area contributed by atoms with Gasteiger partial charge in [0.25, 0.3) is 0 Å². The highest BCUT2D eigenvalue weighted by Gasteiger charge is 2.24. The van der Waals surface area contributed by atoms with Crippen LogP contribution >= 0.6 is 0 Å². The van der Waals surface area contributed by atoms with Crippen LogP contribution in [-0.2, 0) is 6.42 Å². The Bertz CT molecular complexity index is 413. The number of rotatable bonds is 1. The van der Waals surface area contributed by atoms with Crippen LogP contribution in [0.1, 0.15) is 31.4 Å². The second-order valence-corrected chi connectivity index (χ2v) is 4.68. The van der Waals surface area contributed by atoms with Gasteiger partial charge in [0.15, 0.2) is 0 Å². The molecule has 15 heavy (non-hydrogen) atoms. The molecule has 0 saturated carbocycles. The van der Waals surface area contributed by atoms with Crippen LogP contribution in [0.15, 0.2) is 24.3 Å². The average molecular weight is 203 g/mol. The topological polar surface area (TPSA) is 46.2 Å². The van der Waals surface area contributed by atoms with Gasteiger partial charge in [0.1, 0.15) is 5.75 Å². The highest BCUT2D eigenvalue weighted by molar-refractivity contribution is 5.77. The first kappa shape index (κ1) is 10.2. The minimum absolute atomic E-state index is 0.344. The van der Waals surface area contributed by atoms with E-state index >= 15 is 0 Å². The molecule has 2 rings (SSSR count). The summed E-state index contributed by atoms with van der Waals surface area (Å²) >= 11 is 0. The quantitative estimate of drug-likeness (QED) is 0.736. The smallest absolute Gasteiger partial charge is 0.119 e. The predicted molar refractivity (Wildman–Crippen MR) is 62.7 cm³/mol. The lowest BCUT2D eigenvalue weighted by Gasteiger charge is -2.28. The number of phenolic OH excluding ortho intramolecular Hbond substituents is 1. The summed E-state index contributed by atoms with van der Waals surface area (Å²) in [5.74, 6) is 0.391. The van der Waals surface area contributed by atoms with Crippen LogP contribution in [0.2, 0.25) is 0 Å². The third kappa shape index (κ3) is 1.77. The largest absolute Gasteiger partial charge is 0.508 e. The van der Waals surface area contributed by atoms with Crippen LogP contribution < -0.4 is 5.73 Å². The van der Waals surface area contributed by atoms with Crippen molar-refractivity contribution >= 4 is 5.57 Å². The van der Waals surface area contributed by atoms with Crippen molar-refractivity contribution in [2.24, 2.45) is 5.73 Å². The molecule has 1 aliphatic rings. The molecule has 80 valence electrons. The maximum atomic E-state index is 9.77. The normalized spacial score (nSPS) is 15.8. The summed E-state index contributed by atoms with van der Waals surface area (Å²) < 4.78 is 0. The Morgan fingerprint density at radius 3 is 2.73 bits per heavy atom. The lowest BCUT2D eigenvalue weighted by atomic mass is 9.81. The summed E-state index contributed by atoms with van der Waals surface area (Å²) in [6.45, 7) is 4.00. The van der Waals surface area contributed by atoms with E-state index in [1.807, 2.05) is 26.0 Å². The summed E-state index contributed by atoms with van der Waals surface area (Å²) in [6.07, 6.45) is 4.05. The Morgan fingerprint density at radius 2 is 2.07 bits per heavy atom. The summed E-state index contributed by atoms with van der Waals surface area (Å²) in [4.78, 5) is 0. The first-order valence-electron chi connectivity index (χ1n) is 5.31. The Morgan fingerprint density at radius 1 is 1.33 bits per heavy atom. The minimum Gasteiger partial charge on any atom is -0.508 e. The third-order valence-electron chi connectivity index (χ3n) is 2.88. The van der Waals surface area contributed by atoms with E-state index in [-0.39, 0.29) is 5.54 Å². The first-order chi connectivity index (χ1) is 7.00. The zero-order chi connectivity index (χ0) is 11.1. The molecule has 0 bridgehead atoms. The van der Waals surface area contributed by atoms with Gasteiger partial charge in [-0.25, -0.2) is 0 Å². The first-order valence-corrected chi connectivity index (χ1v) is 5.31. The number of benzene rings is 1. The number of fused-ring (bicyclic) bond motifs is 1. The van der Waals surface area contributed by atoms with Crippen molar-refractivity contribution in [3.63, 3.8) is 0 Å². The molecular weight excluding hydrogens is 186 g/mol. The summed E-state index contributed by atoms with van der Waals surface area (Å²) in [6, 6.07) is 5.65. The van der Waals surface area contributed by atoms with Crippen molar-refractivity contribution in [3.8, 4) is 5.75 Å². The Hall–Kier alpha value is -1.28. The van der Waals surface area contributed by atoms with Gasteiger partial charge >= 0.3 is 0 Å².